The lowest BCUT2D eigenvalue weighted by Crippen LogP contribution is -2.24. The lowest BCUT2D eigenvalue weighted by Gasteiger charge is -2.17. The SMILES string of the molecule is Cc1ncc2ccc(C(=O)NCc3ccnc(N4CCCC4)c3)cn12. The number of carbonyl (C=O) groups excluding carboxylic acids is 1. The van der Waals surface area contributed by atoms with Crippen molar-refractivity contribution in [1.29, 1.82) is 0 Å². The molecule has 3 aromatic rings. The van der Waals surface area contributed by atoms with Gasteiger partial charge in [-0.3, -0.25) is 4.79 Å². The van der Waals surface area contributed by atoms with E-state index in [1.807, 2.05) is 41.9 Å². The molecule has 128 valence electrons. The van der Waals surface area contributed by atoms with Crippen LogP contribution < -0.4 is 10.2 Å². The minimum atomic E-state index is -0.0884. The number of amides is 1. The molecule has 0 unspecified atom stereocenters. The monoisotopic (exact) mass is 335 g/mol. The normalized spacial score (nSPS) is 14.2. The number of anilines is 1. The quantitative estimate of drug-likeness (QED) is 0.796. The second-order valence-electron chi connectivity index (χ2n) is 6.42. The first-order chi connectivity index (χ1) is 12.2. The Morgan fingerprint density at radius 3 is 2.88 bits per heavy atom. The van der Waals surface area contributed by atoms with Gasteiger partial charge in [-0.1, -0.05) is 0 Å². The van der Waals surface area contributed by atoms with Crippen LogP contribution >= 0.6 is 0 Å². The third-order valence-corrected chi connectivity index (χ3v) is 4.67. The molecule has 1 amide bonds. The van der Waals surface area contributed by atoms with Gasteiger partial charge in [0.05, 0.1) is 17.3 Å². The summed E-state index contributed by atoms with van der Waals surface area (Å²) in [6.45, 7) is 4.54. The minimum Gasteiger partial charge on any atom is -0.357 e. The molecule has 4 rings (SSSR count). The number of aromatic nitrogens is 3. The zero-order chi connectivity index (χ0) is 17.2. The van der Waals surface area contributed by atoms with Gasteiger partial charge in [0.1, 0.15) is 11.6 Å². The fraction of sp³-hybridized carbons (Fsp3) is 0.316. The number of nitrogens with one attached hydrogen (secondary N) is 1. The Morgan fingerprint density at radius 1 is 1.20 bits per heavy atom. The summed E-state index contributed by atoms with van der Waals surface area (Å²) in [4.78, 5) is 23.5. The molecule has 1 saturated heterocycles. The molecule has 0 bridgehead atoms. The summed E-state index contributed by atoms with van der Waals surface area (Å²) in [6, 6.07) is 7.75. The van der Waals surface area contributed by atoms with E-state index in [2.05, 4.69) is 26.3 Å². The van der Waals surface area contributed by atoms with Gasteiger partial charge in [0, 0.05) is 32.0 Å². The number of carbonyl (C=O) groups is 1. The van der Waals surface area contributed by atoms with Crippen molar-refractivity contribution in [3.05, 3.63) is 59.8 Å². The van der Waals surface area contributed by atoms with Gasteiger partial charge in [-0.15, -0.1) is 0 Å². The van der Waals surface area contributed by atoms with Crippen molar-refractivity contribution in [3.63, 3.8) is 0 Å². The minimum absolute atomic E-state index is 0.0884. The number of fused-ring (bicyclic) bond motifs is 1. The molecule has 0 radical (unpaired) electrons. The first-order valence-electron chi connectivity index (χ1n) is 8.62. The van der Waals surface area contributed by atoms with E-state index in [9.17, 15) is 4.79 Å². The van der Waals surface area contributed by atoms with Gasteiger partial charge >= 0.3 is 0 Å². The maximum absolute atomic E-state index is 12.5. The molecular formula is C19H21N5O. The summed E-state index contributed by atoms with van der Waals surface area (Å²) in [7, 11) is 0. The predicted molar refractivity (Wildman–Crippen MR) is 96.8 cm³/mol. The number of rotatable bonds is 4. The number of nitrogens with zero attached hydrogens (tertiary/aromatic N) is 4. The van der Waals surface area contributed by atoms with Crippen LogP contribution in [0.3, 0.4) is 0 Å². The molecular weight excluding hydrogens is 314 g/mol. The van der Waals surface area contributed by atoms with Gasteiger partial charge < -0.3 is 14.6 Å². The Balaban J connectivity index is 1.45. The topological polar surface area (TPSA) is 62.5 Å². The highest BCUT2D eigenvalue weighted by Gasteiger charge is 2.14. The zero-order valence-corrected chi connectivity index (χ0v) is 14.3. The highest BCUT2D eigenvalue weighted by molar-refractivity contribution is 5.94. The number of hydrogen-bond donors (Lipinski definition) is 1. The Morgan fingerprint density at radius 2 is 2.04 bits per heavy atom. The van der Waals surface area contributed by atoms with E-state index in [0.29, 0.717) is 12.1 Å². The van der Waals surface area contributed by atoms with Crippen molar-refractivity contribution >= 4 is 17.2 Å². The van der Waals surface area contributed by atoms with Crippen LogP contribution in [0.25, 0.3) is 5.52 Å². The molecule has 0 aromatic carbocycles. The molecule has 0 saturated carbocycles. The van der Waals surface area contributed by atoms with E-state index in [4.69, 9.17) is 0 Å². The lowest BCUT2D eigenvalue weighted by molar-refractivity contribution is 0.0950. The molecule has 1 aliphatic rings. The zero-order valence-electron chi connectivity index (χ0n) is 14.3. The molecule has 6 heteroatoms. The van der Waals surface area contributed by atoms with E-state index in [0.717, 1.165) is 35.8 Å². The van der Waals surface area contributed by atoms with Crippen LogP contribution in [0.15, 0.2) is 42.9 Å². The molecule has 6 nitrogen and oxygen atoms in total. The lowest BCUT2D eigenvalue weighted by atomic mass is 10.2. The molecule has 4 heterocycles. The number of pyridine rings is 2. The van der Waals surface area contributed by atoms with Gasteiger partial charge in [-0.05, 0) is 49.6 Å². The second-order valence-corrected chi connectivity index (χ2v) is 6.42. The Labute approximate surface area is 146 Å². The van der Waals surface area contributed by atoms with Gasteiger partial charge in [0.15, 0.2) is 0 Å². The first-order valence-corrected chi connectivity index (χ1v) is 8.62. The molecule has 0 atom stereocenters. The maximum Gasteiger partial charge on any atom is 0.253 e. The van der Waals surface area contributed by atoms with Gasteiger partial charge in [0.25, 0.3) is 5.91 Å². The van der Waals surface area contributed by atoms with Crippen LogP contribution in [0, 0.1) is 6.92 Å². The van der Waals surface area contributed by atoms with Crippen LogP contribution in [0.5, 0.6) is 0 Å². The summed E-state index contributed by atoms with van der Waals surface area (Å²) >= 11 is 0. The Bertz CT molecular complexity index is 911. The van der Waals surface area contributed by atoms with E-state index >= 15 is 0 Å². The smallest absolute Gasteiger partial charge is 0.253 e. The van der Waals surface area contributed by atoms with E-state index in [1.54, 1.807) is 6.20 Å². The van der Waals surface area contributed by atoms with Crippen LogP contribution in [0.2, 0.25) is 0 Å². The third kappa shape index (κ3) is 3.20. The number of hydrogen-bond acceptors (Lipinski definition) is 4. The first kappa shape index (κ1) is 15.6. The molecule has 1 fully saturated rings. The third-order valence-electron chi connectivity index (χ3n) is 4.67. The highest BCUT2D eigenvalue weighted by atomic mass is 16.1. The van der Waals surface area contributed by atoms with E-state index in [-0.39, 0.29) is 5.91 Å². The fourth-order valence-electron chi connectivity index (χ4n) is 3.23. The summed E-state index contributed by atoms with van der Waals surface area (Å²) in [6.07, 6.45) is 7.89. The Hall–Kier alpha value is -2.89. The summed E-state index contributed by atoms with van der Waals surface area (Å²) in [5.74, 6) is 1.78. The average Bonchev–Trinajstić information content (AvgIpc) is 3.30. The van der Waals surface area contributed by atoms with Gasteiger partial charge in [-0.2, -0.15) is 0 Å². The average molecular weight is 335 g/mol. The van der Waals surface area contributed by atoms with Crippen molar-refractivity contribution in [3.8, 4) is 0 Å². The van der Waals surface area contributed by atoms with Gasteiger partial charge in [-0.25, -0.2) is 9.97 Å². The standard InChI is InChI=1S/C19H21N5O/c1-14-21-12-17-5-4-16(13-24(14)17)19(25)22-11-15-6-7-20-18(10-15)23-8-2-3-9-23/h4-7,10,12-13H,2-3,8-9,11H2,1H3,(H,22,25). The summed E-state index contributed by atoms with van der Waals surface area (Å²) in [5.41, 5.74) is 2.67. The predicted octanol–water partition coefficient (Wildman–Crippen LogP) is 2.57. The molecule has 1 N–H and O–H groups in total. The van der Waals surface area contributed by atoms with Crippen molar-refractivity contribution in [2.45, 2.75) is 26.3 Å². The fourth-order valence-corrected chi connectivity index (χ4v) is 3.23. The second kappa shape index (κ2) is 6.55. The molecule has 25 heavy (non-hydrogen) atoms. The van der Waals surface area contributed by atoms with Crippen molar-refractivity contribution in [2.24, 2.45) is 0 Å². The highest BCUT2D eigenvalue weighted by Crippen LogP contribution is 2.18. The molecule has 1 aliphatic heterocycles. The summed E-state index contributed by atoms with van der Waals surface area (Å²) in [5, 5.41) is 2.99. The van der Waals surface area contributed by atoms with Crippen LogP contribution in [0.4, 0.5) is 5.82 Å². The number of imidazole rings is 1. The van der Waals surface area contributed by atoms with Crippen molar-refractivity contribution in [1.82, 2.24) is 19.7 Å². The van der Waals surface area contributed by atoms with Crippen LogP contribution in [-0.4, -0.2) is 33.4 Å². The van der Waals surface area contributed by atoms with Crippen molar-refractivity contribution < 1.29 is 4.79 Å². The molecule has 0 spiro atoms. The van der Waals surface area contributed by atoms with Crippen molar-refractivity contribution in [2.75, 3.05) is 18.0 Å². The molecule has 0 aliphatic carbocycles. The largest absolute Gasteiger partial charge is 0.357 e. The van der Waals surface area contributed by atoms with Crippen LogP contribution in [-0.2, 0) is 6.54 Å². The number of aryl methyl sites for hydroxylation is 1. The van der Waals surface area contributed by atoms with Gasteiger partial charge in [0.2, 0.25) is 0 Å². The maximum atomic E-state index is 12.5. The van der Waals surface area contributed by atoms with Crippen LogP contribution in [0.1, 0.15) is 34.6 Å². The Kier molecular flexibility index (Phi) is 4.09. The van der Waals surface area contributed by atoms with E-state index < -0.39 is 0 Å². The van der Waals surface area contributed by atoms with E-state index in [1.165, 1.54) is 12.8 Å². The summed E-state index contributed by atoms with van der Waals surface area (Å²) < 4.78 is 1.92. The molecule has 3 aromatic heterocycles.